The second-order valence-corrected chi connectivity index (χ2v) is 7.00. The van der Waals surface area contributed by atoms with Crippen molar-refractivity contribution in [2.45, 2.75) is 0 Å². The molecule has 0 atom stereocenters. The van der Waals surface area contributed by atoms with Crippen molar-refractivity contribution in [3.63, 3.8) is 0 Å². The Hall–Kier alpha value is -2.82. The van der Waals surface area contributed by atoms with E-state index < -0.39 is 10.4 Å². The monoisotopic (exact) mass is 389 g/mol. The fourth-order valence-corrected chi connectivity index (χ4v) is 2.69. The predicted octanol–water partition coefficient (Wildman–Crippen LogP) is 3.32. The number of aromatic amines is 1. The molecule has 0 radical (unpaired) electrons. The SMILES string of the molecule is COS(=O)(=O)OCCN(C)c1ccc(N=Nc2nc3ccccc3[nH]2)cc1. The van der Waals surface area contributed by atoms with Crippen molar-refractivity contribution in [3.8, 4) is 0 Å². The highest BCUT2D eigenvalue weighted by Crippen LogP contribution is 2.22. The highest BCUT2D eigenvalue weighted by Gasteiger charge is 2.09. The normalized spacial score (nSPS) is 12.1. The molecule has 2 aromatic carbocycles. The van der Waals surface area contributed by atoms with Crippen LogP contribution < -0.4 is 4.90 Å². The third-order valence-electron chi connectivity index (χ3n) is 3.79. The van der Waals surface area contributed by atoms with Gasteiger partial charge in [0.25, 0.3) is 0 Å². The summed E-state index contributed by atoms with van der Waals surface area (Å²) in [6.45, 7) is 0.364. The lowest BCUT2D eigenvalue weighted by atomic mass is 10.2. The molecule has 27 heavy (non-hydrogen) atoms. The van der Waals surface area contributed by atoms with Gasteiger partial charge in [0, 0.05) is 19.3 Å². The van der Waals surface area contributed by atoms with Gasteiger partial charge in [0.2, 0.25) is 5.95 Å². The van der Waals surface area contributed by atoms with Gasteiger partial charge < -0.3 is 9.88 Å². The third-order valence-corrected chi connectivity index (χ3v) is 4.65. The number of azo groups is 1. The molecule has 1 aromatic heterocycles. The summed E-state index contributed by atoms with van der Waals surface area (Å²) in [5, 5.41) is 8.29. The Kier molecular flexibility index (Phi) is 5.79. The van der Waals surface area contributed by atoms with Gasteiger partial charge in [-0.1, -0.05) is 12.1 Å². The number of aromatic nitrogens is 2. The zero-order chi connectivity index (χ0) is 19.3. The summed E-state index contributed by atoms with van der Waals surface area (Å²) in [5.41, 5.74) is 3.30. The number of nitrogens with one attached hydrogen (secondary N) is 1. The van der Waals surface area contributed by atoms with Crippen LogP contribution in [0, 0.1) is 0 Å². The van der Waals surface area contributed by atoms with Gasteiger partial charge >= 0.3 is 10.4 Å². The number of para-hydroxylation sites is 2. The smallest absolute Gasteiger partial charge is 0.372 e. The number of anilines is 1. The fraction of sp³-hybridized carbons (Fsp3) is 0.235. The quantitative estimate of drug-likeness (QED) is 0.592. The first kappa shape index (κ1) is 19.0. The number of nitrogens with zero attached hydrogens (tertiary/aromatic N) is 4. The number of rotatable bonds is 8. The number of fused-ring (bicyclic) bond motifs is 1. The summed E-state index contributed by atoms with van der Waals surface area (Å²) in [6.07, 6.45) is 0. The van der Waals surface area contributed by atoms with Crippen molar-refractivity contribution in [3.05, 3.63) is 48.5 Å². The molecule has 0 saturated heterocycles. The number of imidazole rings is 1. The predicted molar refractivity (Wildman–Crippen MR) is 102 cm³/mol. The number of H-pyrrole nitrogens is 1. The Bertz CT molecular complexity index is 998. The van der Waals surface area contributed by atoms with Crippen molar-refractivity contribution in [2.24, 2.45) is 10.2 Å². The topological polar surface area (TPSA) is 109 Å². The van der Waals surface area contributed by atoms with E-state index in [1.807, 2.05) is 60.5 Å². The molecule has 0 unspecified atom stereocenters. The molecule has 0 aliphatic rings. The zero-order valence-electron chi connectivity index (χ0n) is 14.9. The van der Waals surface area contributed by atoms with Crippen LogP contribution in [0.15, 0.2) is 58.8 Å². The molecule has 9 nitrogen and oxygen atoms in total. The molecule has 0 aliphatic heterocycles. The van der Waals surface area contributed by atoms with E-state index in [-0.39, 0.29) is 6.61 Å². The number of benzene rings is 2. The standard InChI is InChI=1S/C17H19N5O4S/c1-22(11-12-26-27(23,24)25-2)14-9-7-13(8-10-14)20-21-17-18-15-5-3-4-6-16(15)19-17/h3-10H,11-12H2,1-2H3,(H,18,19). The van der Waals surface area contributed by atoms with Gasteiger partial charge in [-0.3, -0.25) is 4.18 Å². The molecule has 142 valence electrons. The van der Waals surface area contributed by atoms with Gasteiger partial charge in [-0.2, -0.15) is 8.42 Å². The molecule has 0 fully saturated rings. The van der Waals surface area contributed by atoms with Crippen LogP contribution in [-0.4, -0.2) is 45.7 Å². The van der Waals surface area contributed by atoms with E-state index in [2.05, 4.69) is 28.6 Å². The molecule has 0 saturated carbocycles. The molecular formula is C17H19N5O4S. The van der Waals surface area contributed by atoms with E-state index in [1.54, 1.807) is 0 Å². The van der Waals surface area contributed by atoms with E-state index in [4.69, 9.17) is 0 Å². The van der Waals surface area contributed by atoms with Crippen molar-refractivity contribution in [1.29, 1.82) is 0 Å². The van der Waals surface area contributed by atoms with Gasteiger partial charge in [0.15, 0.2) is 0 Å². The van der Waals surface area contributed by atoms with Gasteiger partial charge in [0.05, 0.1) is 30.4 Å². The molecule has 0 amide bonds. The van der Waals surface area contributed by atoms with Crippen molar-refractivity contribution >= 4 is 38.8 Å². The van der Waals surface area contributed by atoms with Crippen LogP contribution in [0.1, 0.15) is 0 Å². The van der Waals surface area contributed by atoms with Crippen molar-refractivity contribution < 1.29 is 16.8 Å². The number of hydrogen-bond acceptors (Lipinski definition) is 8. The second kappa shape index (κ2) is 8.25. The van der Waals surface area contributed by atoms with Crippen molar-refractivity contribution in [1.82, 2.24) is 9.97 Å². The first-order valence-electron chi connectivity index (χ1n) is 8.09. The average Bonchev–Trinajstić information content (AvgIpc) is 3.09. The second-order valence-electron chi connectivity index (χ2n) is 5.61. The maximum absolute atomic E-state index is 11.1. The molecule has 1 N–H and O–H groups in total. The first-order valence-corrected chi connectivity index (χ1v) is 9.43. The number of hydrogen-bond donors (Lipinski definition) is 1. The van der Waals surface area contributed by atoms with E-state index >= 15 is 0 Å². The van der Waals surface area contributed by atoms with Gasteiger partial charge in [-0.25, -0.2) is 9.17 Å². The molecule has 10 heteroatoms. The lowest BCUT2D eigenvalue weighted by Gasteiger charge is -2.18. The maximum atomic E-state index is 11.1. The lowest BCUT2D eigenvalue weighted by Crippen LogP contribution is -2.24. The van der Waals surface area contributed by atoms with Crippen LogP contribution in [-0.2, 0) is 18.8 Å². The van der Waals surface area contributed by atoms with Gasteiger partial charge in [0.1, 0.15) is 0 Å². The molecule has 0 spiro atoms. The average molecular weight is 389 g/mol. The third kappa shape index (κ3) is 5.09. The first-order chi connectivity index (χ1) is 13.0. The Labute approximate surface area is 157 Å². The Morgan fingerprint density at radius 1 is 1.11 bits per heavy atom. The van der Waals surface area contributed by atoms with E-state index in [0.29, 0.717) is 18.2 Å². The zero-order valence-corrected chi connectivity index (χ0v) is 15.7. The Morgan fingerprint density at radius 2 is 1.85 bits per heavy atom. The van der Waals surface area contributed by atoms with Crippen LogP contribution in [0.3, 0.4) is 0 Å². The van der Waals surface area contributed by atoms with Gasteiger partial charge in [-0.05, 0) is 36.4 Å². The summed E-state index contributed by atoms with van der Waals surface area (Å²) in [7, 11) is -1.03. The number of likely N-dealkylation sites (N-methyl/N-ethyl adjacent to an activating group) is 1. The van der Waals surface area contributed by atoms with E-state index in [1.165, 1.54) is 0 Å². The minimum absolute atomic E-state index is 0.0137. The summed E-state index contributed by atoms with van der Waals surface area (Å²) < 4.78 is 31.1. The lowest BCUT2D eigenvalue weighted by molar-refractivity contribution is 0.248. The summed E-state index contributed by atoms with van der Waals surface area (Å²) in [4.78, 5) is 9.27. The minimum Gasteiger partial charge on any atom is -0.372 e. The van der Waals surface area contributed by atoms with Crippen LogP contribution >= 0.6 is 0 Å². The fourth-order valence-electron chi connectivity index (χ4n) is 2.32. The summed E-state index contributed by atoms with van der Waals surface area (Å²) in [5.74, 6) is 0.439. The molecule has 0 aliphatic carbocycles. The highest BCUT2D eigenvalue weighted by molar-refractivity contribution is 7.81. The highest BCUT2D eigenvalue weighted by atomic mass is 32.3. The maximum Gasteiger partial charge on any atom is 0.399 e. The van der Waals surface area contributed by atoms with Crippen LogP contribution in [0.5, 0.6) is 0 Å². The van der Waals surface area contributed by atoms with E-state index in [0.717, 1.165) is 23.8 Å². The van der Waals surface area contributed by atoms with Crippen molar-refractivity contribution in [2.75, 3.05) is 32.2 Å². The molecule has 0 bridgehead atoms. The summed E-state index contributed by atoms with van der Waals surface area (Å²) >= 11 is 0. The van der Waals surface area contributed by atoms with Gasteiger partial charge in [-0.15, -0.1) is 10.2 Å². The summed E-state index contributed by atoms with van der Waals surface area (Å²) in [6, 6.07) is 15.0. The largest absolute Gasteiger partial charge is 0.399 e. The Balaban J connectivity index is 1.59. The van der Waals surface area contributed by atoms with Crippen LogP contribution in [0.25, 0.3) is 11.0 Å². The van der Waals surface area contributed by atoms with E-state index in [9.17, 15) is 8.42 Å². The minimum atomic E-state index is -3.91. The molecule has 3 aromatic rings. The van der Waals surface area contributed by atoms with Crippen LogP contribution in [0.4, 0.5) is 17.3 Å². The van der Waals surface area contributed by atoms with Crippen LogP contribution in [0.2, 0.25) is 0 Å². The molecule has 1 heterocycles. The Morgan fingerprint density at radius 3 is 2.56 bits per heavy atom. The molecule has 3 rings (SSSR count). The molecular weight excluding hydrogens is 370 g/mol.